The number of nitrogens with one attached hydrogen (secondary N) is 1. The molecule has 0 atom stereocenters. The maximum absolute atomic E-state index is 13.2. The number of rotatable bonds is 4. The fourth-order valence-electron chi connectivity index (χ4n) is 2.56. The van der Waals surface area contributed by atoms with Gasteiger partial charge in [0.05, 0.1) is 5.69 Å². The van der Waals surface area contributed by atoms with Gasteiger partial charge in [0.15, 0.2) is 0 Å². The third kappa shape index (κ3) is 3.66. The largest absolute Gasteiger partial charge is 0.309 e. The van der Waals surface area contributed by atoms with Crippen molar-refractivity contribution < 1.29 is 9.18 Å². The van der Waals surface area contributed by atoms with Gasteiger partial charge < -0.3 is 5.32 Å². The van der Waals surface area contributed by atoms with E-state index in [1.165, 1.54) is 16.7 Å². The van der Waals surface area contributed by atoms with Gasteiger partial charge in [0, 0.05) is 11.1 Å². The normalized spacial score (nSPS) is 10.7. The number of anilines is 1. The zero-order valence-corrected chi connectivity index (χ0v) is 14.6. The fraction of sp³-hybridized carbons (Fsp3) is 0.167. The summed E-state index contributed by atoms with van der Waals surface area (Å²) >= 11 is 1.06. The maximum Gasteiger partial charge on any atom is 0.308 e. The van der Waals surface area contributed by atoms with Crippen LogP contribution in [0.4, 0.5) is 10.2 Å². The third-order valence-electron chi connectivity index (χ3n) is 3.75. The number of thiazole rings is 1. The Kier molecular flexibility index (Phi) is 4.76. The Labute approximate surface area is 147 Å². The number of aromatic nitrogens is 2. The molecule has 2 heterocycles. The summed E-state index contributed by atoms with van der Waals surface area (Å²) in [5.41, 5.74) is 2.16. The van der Waals surface area contributed by atoms with E-state index < -0.39 is 0 Å². The molecule has 3 rings (SSSR count). The Morgan fingerprint density at radius 3 is 2.64 bits per heavy atom. The van der Waals surface area contributed by atoms with Crippen LogP contribution < -0.4 is 10.2 Å². The highest BCUT2D eigenvalue weighted by atomic mass is 32.1. The summed E-state index contributed by atoms with van der Waals surface area (Å²) in [6.07, 6.45) is 1.59. The molecule has 5 nitrogen and oxygen atoms in total. The molecule has 128 valence electrons. The molecule has 25 heavy (non-hydrogen) atoms. The van der Waals surface area contributed by atoms with Gasteiger partial charge in [-0.05, 0) is 55.3 Å². The van der Waals surface area contributed by atoms with Gasteiger partial charge in [-0.2, -0.15) is 0 Å². The van der Waals surface area contributed by atoms with Gasteiger partial charge in [-0.15, -0.1) is 0 Å². The first-order valence-electron chi connectivity index (χ1n) is 7.63. The molecule has 7 heteroatoms. The molecule has 0 unspecified atom stereocenters. The van der Waals surface area contributed by atoms with Crippen molar-refractivity contribution in [2.45, 2.75) is 20.4 Å². The molecule has 0 bridgehead atoms. The predicted octanol–water partition coefficient (Wildman–Crippen LogP) is 3.37. The number of hydrogen-bond acceptors (Lipinski definition) is 4. The molecule has 1 amide bonds. The van der Waals surface area contributed by atoms with Crippen LogP contribution in [0, 0.1) is 19.7 Å². The number of hydrogen-bond donors (Lipinski definition) is 1. The van der Waals surface area contributed by atoms with E-state index in [1.807, 2.05) is 19.9 Å². The SMILES string of the molecule is Cc1cccnc1NC(=O)Cn1c(-c2ccc(F)cc2)c(C)sc1=O. The quantitative estimate of drug-likeness (QED) is 0.779. The first-order chi connectivity index (χ1) is 12.0. The van der Waals surface area contributed by atoms with E-state index in [0.29, 0.717) is 17.1 Å². The van der Waals surface area contributed by atoms with Gasteiger partial charge in [0.25, 0.3) is 0 Å². The highest BCUT2D eigenvalue weighted by molar-refractivity contribution is 7.09. The molecular formula is C18H16FN3O2S. The number of halogens is 1. The fourth-order valence-corrected chi connectivity index (χ4v) is 3.41. The molecule has 0 spiro atoms. The minimum atomic E-state index is -0.353. The van der Waals surface area contributed by atoms with Crippen LogP contribution in [0.25, 0.3) is 11.3 Å². The zero-order valence-electron chi connectivity index (χ0n) is 13.7. The standard InChI is InChI=1S/C18H16FN3O2S/c1-11-4-3-9-20-17(11)21-15(23)10-22-16(12(2)25-18(22)24)13-5-7-14(19)8-6-13/h3-9H,10H2,1-2H3,(H,20,21,23). The van der Waals surface area contributed by atoms with Gasteiger partial charge in [-0.25, -0.2) is 9.37 Å². The Hall–Kier alpha value is -2.80. The number of nitrogens with zero attached hydrogens (tertiary/aromatic N) is 2. The molecular weight excluding hydrogens is 341 g/mol. The molecule has 2 aromatic heterocycles. The average Bonchev–Trinajstić information content (AvgIpc) is 2.84. The highest BCUT2D eigenvalue weighted by Gasteiger charge is 2.17. The van der Waals surface area contributed by atoms with Crippen LogP contribution in [0.15, 0.2) is 47.4 Å². The summed E-state index contributed by atoms with van der Waals surface area (Å²) < 4.78 is 14.6. The van der Waals surface area contributed by atoms with E-state index in [1.54, 1.807) is 24.4 Å². The number of aryl methyl sites for hydroxylation is 2. The molecule has 0 fully saturated rings. The zero-order chi connectivity index (χ0) is 18.0. The number of amides is 1. The Morgan fingerprint density at radius 2 is 1.96 bits per heavy atom. The third-order valence-corrected chi connectivity index (χ3v) is 4.65. The lowest BCUT2D eigenvalue weighted by molar-refractivity contribution is -0.116. The van der Waals surface area contributed by atoms with Crippen LogP contribution in [-0.2, 0) is 11.3 Å². The van der Waals surface area contributed by atoms with E-state index in [9.17, 15) is 14.0 Å². The second-order valence-electron chi connectivity index (χ2n) is 5.58. The van der Waals surface area contributed by atoms with Crippen LogP contribution in [0.3, 0.4) is 0 Å². The first kappa shape index (κ1) is 17.0. The van der Waals surface area contributed by atoms with Gasteiger partial charge in [0.1, 0.15) is 18.2 Å². The number of carbonyl (C=O) groups excluding carboxylic acids is 1. The second kappa shape index (κ2) is 6.98. The van der Waals surface area contributed by atoms with Crippen LogP contribution in [0.2, 0.25) is 0 Å². The van der Waals surface area contributed by atoms with Crippen LogP contribution in [0.1, 0.15) is 10.4 Å². The minimum absolute atomic E-state index is 0.133. The number of benzene rings is 1. The summed E-state index contributed by atoms with van der Waals surface area (Å²) in [7, 11) is 0. The van der Waals surface area contributed by atoms with Crippen molar-refractivity contribution in [3.63, 3.8) is 0 Å². The lowest BCUT2D eigenvalue weighted by Crippen LogP contribution is -2.25. The molecule has 0 radical (unpaired) electrons. The molecule has 1 aromatic carbocycles. The second-order valence-corrected chi connectivity index (χ2v) is 6.75. The van der Waals surface area contributed by atoms with Gasteiger partial charge in [0.2, 0.25) is 5.91 Å². The first-order valence-corrected chi connectivity index (χ1v) is 8.45. The van der Waals surface area contributed by atoms with Crippen LogP contribution in [0.5, 0.6) is 0 Å². The average molecular weight is 357 g/mol. The van der Waals surface area contributed by atoms with E-state index in [4.69, 9.17) is 0 Å². The number of pyridine rings is 1. The van der Waals surface area contributed by atoms with Crippen LogP contribution in [-0.4, -0.2) is 15.5 Å². The van der Waals surface area contributed by atoms with E-state index in [2.05, 4.69) is 10.3 Å². The topological polar surface area (TPSA) is 64.0 Å². The molecule has 0 saturated carbocycles. The number of carbonyl (C=O) groups is 1. The summed E-state index contributed by atoms with van der Waals surface area (Å²) in [6.45, 7) is 3.52. The summed E-state index contributed by atoms with van der Waals surface area (Å²) in [5, 5.41) is 2.72. The summed E-state index contributed by atoms with van der Waals surface area (Å²) in [4.78, 5) is 29.3. The Morgan fingerprint density at radius 1 is 1.24 bits per heavy atom. The van der Waals surface area contributed by atoms with Crippen molar-refractivity contribution in [1.29, 1.82) is 0 Å². The van der Waals surface area contributed by atoms with Crippen molar-refractivity contribution in [3.8, 4) is 11.3 Å². The molecule has 0 aliphatic carbocycles. The molecule has 1 N–H and O–H groups in total. The minimum Gasteiger partial charge on any atom is -0.309 e. The van der Waals surface area contributed by atoms with Crippen molar-refractivity contribution in [2.75, 3.05) is 5.32 Å². The highest BCUT2D eigenvalue weighted by Crippen LogP contribution is 2.25. The lowest BCUT2D eigenvalue weighted by Gasteiger charge is -2.10. The monoisotopic (exact) mass is 357 g/mol. The Balaban J connectivity index is 1.90. The Bertz CT molecular complexity index is 977. The van der Waals surface area contributed by atoms with Crippen molar-refractivity contribution in [3.05, 3.63) is 68.5 Å². The lowest BCUT2D eigenvalue weighted by atomic mass is 10.1. The molecule has 0 saturated heterocycles. The van der Waals surface area contributed by atoms with Crippen molar-refractivity contribution in [1.82, 2.24) is 9.55 Å². The smallest absolute Gasteiger partial charge is 0.308 e. The van der Waals surface area contributed by atoms with Crippen molar-refractivity contribution >= 4 is 23.1 Å². The molecule has 0 aliphatic heterocycles. The predicted molar refractivity (Wildman–Crippen MR) is 96.3 cm³/mol. The maximum atomic E-state index is 13.2. The van der Waals surface area contributed by atoms with E-state index in [0.717, 1.165) is 21.8 Å². The molecule has 3 aromatic rings. The molecule has 0 aliphatic rings. The van der Waals surface area contributed by atoms with Gasteiger partial charge in [-0.3, -0.25) is 14.2 Å². The summed E-state index contributed by atoms with van der Waals surface area (Å²) in [6, 6.07) is 9.48. The van der Waals surface area contributed by atoms with Crippen LogP contribution >= 0.6 is 11.3 Å². The van der Waals surface area contributed by atoms with E-state index in [-0.39, 0.29) is 23.1 Å². The van der Waals surface area contributed by atoms with Crippen molar-refractivity contribution in [2.24, 2.45) is 0 Å². The van der Waals surface area contributed by atoms with E-state index >= 15 is 0 Å². The summed E-state index contributed by atoms with van der Waals surface area (Å²) in [5.74, 6) is -0.227. The van der Waals surface area contributed by atoms with Gasteiger partial charge >= 0.3 is 4.87 Å². The van der Waals surface area contributed by atoms with Gasteiger partial charge in [-0.1, -0.05) is 17.4 Å².